The minimum atomic E-state index is -0.721. The molecule has 0 saturated carbocycles. The van der Waals surface area contributed by atoms with Crippen molar-refractivity contribution in [3.8, 4) is 0 Å². The Bertz CT molecular complexity index is 341. The first kappa shape index (κ1) is 16.0. The van der Waals surface area contributed by atoms with E-state index in [9.17, 15) is 9.59 Å². The molecule has 19 heavy (non-hydrogen) atoms. The molecular weight excluding hydrogens is 240 g/mol. The van der Waals surface area contributed by atoms with Crippen LogP contribution >= 0.6 is 0 Å². The molecule has 0 aliphatic carbocycles. The molecule has 0 spiro atoms. The minimum absolute atomic E-state index is 0.0420. The summed E-state index contributed by atoms with van der Waals surface area (Å²) in [6.45, 7) is 10.4. The molecule has 1 rings (SSSR count). The lowest BCUT2D eigenvalue weighted by Gasteiger charge is -2.42. The average Bonchev–Trinajstić information content (AvgIpc) is 2.33. The van der Waals surface area contributed by atoms with Gasteiger partial charge in [0.15, 0.2) is 0 Å². The zero-order valence-electron chi connectivity index (χ0n) is 13.0. The summed E-state index contributed by atoms with van der Waals surface area (Å²) >= 11 is 0. The normalized spacial score (nSPS) is 25.7. The Balaban J connectivity index is 2.64. The second kappa shape index (κ2) is 6.40. The summed E-state index contributed by atoms with van der Waals surface area (Å²) < 4.78 is 0. The van der Waals surface area contributed by atoms with Gasteiger partial charge >= 0.3 is 0 Å². The summed E-state index contributed by atoms with van der Waals surface area (Å²) in [5.41, 5.74) is -0.721. The van der Waals surface area contributed by atoms with Gasteiger partial charge in [-0.25, -0.2) is 0 Å². The third-order valence-electron chi connectivity index (χ3n) is 4.10. The maximum Gasteiger partial charge on any atom is 0.248 e. The van der Waals surface area contributed by atoms with Crippen molar-refractivity contribution in [3.05, 3.63) is 0 Å². The van der Waals surface area contributed by atoms with Gasteiger partial charge < -0.3 is 10.2 Å². The smallest absolute Gasteiger partial charge is 0.248 e. The number of nitrogens with zero attached hydrogens (tertiary/aromatic N) is 1. The first-order valence-corrected chi connectivity index (χ1v) is 7.42. The molecule has 4 nitrogen and oxygen atoms in total. The zero-order valence-corrected chi connectivity index (χ0v) is 13.0. The quantitative estimate of drug-likeness (QED) is 0.803. The van der Waals surface area contributed by atoms with Gasteiger partial charge in [-0.3, -0.25) is 9.59 Å². The third-order valence-corrected chi connectivity index (χ3v) is 4.10. The van der Waals surface area contributed by atoms with Gasteiger partial charge in [-0.2, -0.15) is 0 Å². The number of hydrogen-bond acceptors (Lipinski definition) is 2. The van der Waals surface area contributed by atoms with Gasteiger partial charge in [0.05, 0.1) is 6.54 Å². The van der Waals surface area contributed by atoms with Gasteiger partial charge in [0.1, 0.15) is 5.54 Å². The van der Waals surface area contributed by atoms with Crippen LogP contribution in [0.3, 0.4) is 0 Å². The Morgan fingerprint density at radius 2 is 1.89 bits per heavy atom. The first-order chi connectivity index (χ1) is 8.80. The van der Waals surface area contributed by atoms with E-state index in [1.165, 1.54) is 6.42 Å². The van der Waals surface area contributed by atoms with Crippen LogP contribution in [0.15, 0.2) is 0 Å². The van der Waals surface area contributed by atoms with Gasteiger partial charge in [0.2, 0.25) is 11.8 Å². The van der Waals surface area contributed by atoms with Crippen molar-refractivity contribution in [1.82, 2.24) is 10.2 Å². The number of amides is 2. The Kier molecular flexibility index (Phi) is 5.39. The molecule has 1 aliphatic rings. The van der Waals surface area contributed by atoms with Gasteiger partial charge in [-0.15, -0.1) is 0 Å². The predicted octanol–water partition coefficient (Wildman–Crippen LogP) is 2.33. The predicted molar refractivity (Wildman–Crippen MR) is 76.7 cm³/mol. The topological polar surface area (TPSA) is 49.4 Å². The lowest BCUT2D eigenvalue weighted by atomic mass is 9.92. The standard InChI is InChI=1S/C15H28N2O2/c1-6-15(5)14(19)17(10-13(18)16-15)12(4)9-7-8-11(2)3/h11-12H,6-10H2,1-5H3,(H,16,18). The van der Waals surface area contributed by atoms with Gasteiger partial charge in [-0.05, 0) is 32.6 Å². The SMILES string of the molecule is CCC1(C)NC(=O)CN(C(C)CCCC(C)C)C1=O. The first-order valence-electron chi connectivity index (χ1n) is 7.42. The molecule has 110 valence electrons. The second-order valence-corrected chi connectivity index (χ2v) is 6.34. The molecule has 4 heteroatoms. The molecule has 0 aromatic heterocycles. The van der Waals surface area contributed by atoms with E-state index in [0.29, 0.717) is 12.3 Å². The van der Waals surface area contributed by atoms with Crippen molar-refractivity contribution < 1.29 is 9.59 Å². The van der Waals surface area contributed by atoms with Gasteiger partial charge in [0, 0.05) is 6.04 Å². The third kappa shape index (κ3) is 3.95. The lowest BCUT2D eigenvalue weighted by Crippen LogP contribution is -2.66. The summed E-state index contributed by atoms with van der Waals surface area (Å²) in [7, 11) is 0. The van der Waals surface area contributed by atoms with Crippen molar-refractivity contribution in [2.45, 2.75) is 71.9 Å². The van der Waals surface area contributed by atoms with Crippen molar-refractivity contribution in [3.63, 3.8) is 0 Å². The maximum atomic E-state index is 12.5. The molecule has 1 aliphatic heterocycles. The van der Waals surface area contributed by atoms with Crippen LogP contribution in [0.1, 0.15) is 60.3 Å². The number of piperazine rings is 1. The minimum Gasteiger partial charge on any atom is -0.340 e. The summed E-state index contributed by atoms with van der Waals surface area (Å²) in [5.74, 6) is 0.708. The molecule has 2 unspecified atom stereocenters. The van der Waals surface area contributed by atoms with Crippen molar-refractivity contribution in [2.75, 3.05) is 6.54 Å². The number of nitrogens with one attached hydrogen (secondary N) is 1. The fourth-order valence-electron chi connectivity index (χ4n) is 2.52. The average molecular weight is 268 g/mol. The van der Waals surface area contributed by atoms with Crippen LogP contribution in [0, 0.1) is 5.92 Å². The van der Waals surface area contributed by atoms with E-state index in [1.54, 1.807) is 4.90 Å². The highest BCUT2D eigenvalue weighted by Gasteiger charge is 2.42. The monoisotopic (exact) mass is 268 g/mol. The molecule has 0 aromatic rings. The largest absolute Gasteiger partial charge is 0.340 e. The van der Waals surface area contributed by atoms with Crippen LogP contribution in [-0.4, -0.2) is 34.8 Å². The molecule has 0 aromatic carbocycles. The summed E-state index contributed by atoms with van der Waals surface area (Å²) in [5, 5.41) is 2.82. The lowest BCUT2D eigenvalue weighted by molar-refractivity contribution is -0.151. The number of rotatable bonds is 6. The van der Waals surface area contributed by atoms with Crippen LogP contribution in [0.2, 0.25) is 0 Å². The number of hydrogen-bond donors (Lipinski definition) is 1. The van der Waals surface area contributed by atoms with E-state index in [1.807, 2.05) is 20.8 Å². The highest BCUT2D eigenvalue weighted by molar-refractivity contribution is 5.97. The number of carbonyl (C=O) groups is 2. The van der Waals surface area contributed by atoms with Crippen LogP contribution in [0.4, 0.5) is 0 Å². The molecule has 1 saturated heterocycles. The van der Waals surface area contributed by atoms with E-state index in [-0.39, 0.29) is 24.4 Å². The molecule has 1 N–H and O–H groups in total. The van der Waals surface area contributed by atoms with E-state index >= 15 is 0 Å². The maximum absolute atomic E-state index is 12.5. The Morgan fingerprint density at radius 3 is 2.42 bits per heavy atom. The molecule has 1 heterocycles. The summed E-state index contributed by atoms with van der Waals surface area (Å²) in [6.07, 6.45) is 3.88. The Morgan fingerprint density at radius 1 is 1.26 bits per heavy atom. The second-order valence-electron chi connectivity index (χ2n) is 6.34. The molecule has 1 fully saturated rings. The van der Waals surface area contributed by atoms with Gasteiger partial charge in [-0.1, -0.05) is 33.6 Å². The zero-order chi connectivity index (χ0) is 14.6. The van der Waals surface area contributed by atoms with E-state index in [0.717, 1.165) is 12.8 Å². The van der Waals surface area contributed by atoms with Crippen LogP contribution in [-0.2, 0) is 9.59 Å². The van der Waals surface area contributed by atoms with Crippen LogP contribution < -0.4 is 5.32 Å². The Labute approximate surface area is 116 Å². The summed E-state index contributed by atoms with van der Waals surface area (Å²) in [4.78, 5) is 26.0. The van der Waals surface area contributed by atoms with Crippen molar-refractivity contribution >= 4 is 11.8 Å². The fraction of sp³-hybridized carbons (Fsp3) is 0.867. The van der Waals surface area contributed by atoms with E-state index in [2.05, 4.69) is 19.2 Å². The van der Waals surface area contributed by atoms with Crippen molar-refractivity contribution in [2.24, 2.45) is 5.92 Å². The fourth-order valence-corrected chi connectivity index (χ4v) is 2.52. The van der Waals surface area contributed by atoms with Crippen LogP contribution in [0.5, 0.6) is 0 Å². The van der Waals surface area contributed by atoms with E-state index < -0.39 is 5.54 Å². The highest BCUT2D eigenvalue weighted by atomic mass is 16.2. The molecule has 2 atom stereocenters. The van der Waals surface area contributed by atoms with E-state index in [4.69, 9.17) is 0 Å². The Hall–Kier alpha value is -1.06. The summed E-state index contributed by atoms with van der Waals surface area (Å²) in [6, 6.07) is 0.142. The highest BCUT2D eigenvalue weighted by Crippen LogP contribution is 2.22. The molecule has 0 radical (unpaired) electrons. The number of carbonyl (C=O) groups excluding carboxylic acids is 2. The van der Waals surface area contributed by atoms with Gasteiger partial charge in [0.25, 0.3) is 0 Å². The van der Waals surface area contributed by atoms with Crippen LogP contribution in [0.25, 0.3) is 0 Å². The molecule has 2 amide bonds. The molecular formula is C15H28N2O2. The van der Waals surface area contributed by atoms with Crippen molar-refractivity contribution in [1.29, 1.82) is 0 Å². The molecule has 0 bridgehead atoms.